The smallest absolute Gasteiger partial charge is 0.303 e. The molecule has 6 heteroatoms. The van der Waals surface area contributed by atoms with E-state index in [0.717, 1.165) is 64.4 Å². The van der Waals surface area contributed by atoms with E-state index in [0.29, 0.717) is 37.5 Å². The van der Waals surface area contributed by atoms with Gasteiger partial charge in [-0.2, -0.15) is 0 Å². The summed E-state index contributed by atoms with van der Waals surface area (Å²) < 4.78 is 26.5. The summed E-state index contributed by atoms with van der Waals surface area (Å²) in [4.78, 5) is 23.1. The normalized spacial score (nSPS) is 32.2. The number of allylic oxidation sites excluding steroid dienone is 2. The Balaban J connectivity index is 1.58. The monoisotopic (exact) mass is 452 g/mol. The van der Waals surface area contributed by atoms with E-state index >= 15 is 0 Å². The minimum Gasteiger partial charge on any atom is -0.481 e. The van der Waals surface area contributed by atoms with Gasteiger partial charge in [0.05, 0.1) is 6.10 Å². The number of ketones is 1. The van der Waals surface area contributed by atoms with Crippen LogP contribution >= 0.6 is 0 Å². The van der Waals surface area contributed by atoms with Crippen molar-refractivity contribution < 1.29 is 28.6 Å². The van der Waals surface area contributed by atoms with Crippen LogP contribution in [0.25, 0.3) is 0 Å². The van der Waals surface area contributed by atoms with Gasteiger partial charge in [-0.05, 0) is 82.0 Å². The molecule has 1 N–H and O–H groups in total. The van der Waals surface area contributed by atoms with Gasteiger partial charge in [0.1, 0.15) is 0 Å². The van der Waals surface area contributed by atoms with E-state index in [9.17, 15) is 14.0 Å². The van der Waals surface area contributed by atoms with Gasteiger partial charge in [-0.1, -0.05) is 31.4 Å². The molecule has 0 aromatic rings. The molecule has 0 bridgehead atoms. The first-order valence-electron chi connectivity index (χ1n) is 12.8. The Kier molecular flexibility index (Phi) is 10.2. The third kappa shape index (κ3) is 7.38. The van der Waals surface area contributed by atoms with Gasteiger partial charge in [0, 0.05) is 19.4 Å². The van der Waals surface area contributed by atoms with E-state index in [-0.39, 0.29) is 30.5 Å². The maximum absolute atomic E-state index is 14.2. The number of hydrogen-bond acceptors (Lipinski definition) is 4. The number of fused-ring (bicyclic) bond motifs is 1. The molecule has 3 fully saturated rings. The topological polar surface area (TPSA) is 72.8 Å². The Bertz CT molecular complexity index is 642. The summed E-state index contributed by atoms with van der Waals surface area (Å²) in [6, 6.07) is 0. The Morgan fingerprint density at radius 2 is 2.09 bits per heavy atom. The second-order valence-electron chi connectivity index (χ2n) is 9.97. The number of alkyl halides is 1. The summed E-state index contributed by atoms with van der Waals surface area (Å²) >= 11 is 0. The number of rotatable bonds is 13. The first-order valence-corrected chi connectivity index (χ1v) is 12.8. The van der Waals surface area contributed by atoms with Gasteiger partial charge in [0.15, 0.2) is 18.2 Å². The van der Waals surface area contributed by atoms with Crippen molar-refractivity contribution in [3.63, 3.8) is 0 Å². The van der Waals surface area contributed by atoms with Gasteiger partial charge >= 0.3 is 5.97 Å². The van der Waals surface area contributed by atoms with Gasteiger partial charge in [-0.15, -0.1) is 0 Å². The highest BCUT2D eigenvalue weighted by atomic mass is 19.1. The molecule has 32 heavy (non-hydrogen) atoms. The number of carboxylic acid groups (broad SMARTS) is 1. The Morgan fingerprint density at radius 3 is 2.81 bits per heavy atom. The number of Topliss-reactive ketones (excluding diaryl/α,β-unsaturated/α-hetero) is 1. The Labute approximate surface area is 192 Å². The fraction of sp³-hybridized carbons (Fsp3) is 0.846. The van der Waals surface area contributed by atoms with Crippen LogP contribution in [0.3, 0.4) is 0 Å². The lowest BCUT2D eigenvalue weighted by Gasteiger charge is -2.30. The lowest BCUT2D eigenvalue weighted by Crippen LogP contribution is -2.32. The molecule has 6 atom stereocenters. The third-order valence-electron chi connectivity index (χ3n) is 7.57. The molecule has 0 spiro atoms. The fourth-order valence-electron chi connectivity index (χ4n) is 5.85. The second-order valence-corrected chi connectivity index (χ2v) is 9.97. The average molecular weight is 453 g/mol. The largest absolute Gasteiger partial charge is 0.481 e. The van der Waals surface area contributed by atoms with Crippen molar-refractivity contribution in [3.8, 4) is 0 Å². The maximum Gasteiger partial charge on any atom is 0.303 e. The summed E-state index contributed by atoms with van der Waals surface area (Å²) in [5.41, 5.74) is 1.42. The number of unbranched alkanes of at least 4 members (excludes halogenated alkanes) is 2. The molecule has 0 aromatic heterocycles. The molecule has 2 saturated carbocycles. The molecule has 1 saturated heterocycles. The Hall–Kier alpha value is -1.27. The van der Waals surface area contributed by atoms with Gasteiger partial charge in [0.25, 0.3) is 0 Å². The summed E-state index contributed by atoms with van der Waals surface area (Å²) in [6.07, 6.45) is 11.6. The molecule has 1 heterocycles. The number of hydrogen-bond donors (Lipinski definition) is 1. The summed E-state index contributed by atoms with van der Waals surface area (Å²) in [7, 11) is 0. The van der Waals surface area contributed by atoms with E-state index in [1.807, 2.05) is 6.92 Å². The zero-order valence-electron chi connectivity index (χ0n) is 19.6. The van der Waals surface area contributed by atoms with Crippen LogP contribution in [0, 0.1) is 17.8 Å². The Morgan fingerprint density at radius 1 is 1.25 bits per heavy atom. The molecule has 0 aromatic carbocycles. The average Bonchev–Trinajstić information content (AvgIpc) is 3.31. The number of halogens is 1. The van der Waals surface area contributed by atoms with Crippen LogP contribution in [0.15, 0.2) is 11.6 Å². The molecular weight excluding hydrogens is 411 g/mol. The van der Waals surface area contributed by atoms with Crippen LogP contribution in [-0.4, -0.2) is 42.0 Å². The van der Waals surface area contributed by atoms with Gasteiger partial charge in [-0.25, -0.2) is 4.39 Å². The lowest BCUT2D eigenvalue weighted by molar-refractivity contribution is -0.196. The maximum atomic E-state index is 14.2. The van der Waals surface area contributed by atoms with Crippen LogP contribution < -0.4 is 0 Å². The van der Waals surface area contributed by atoms with Gasteiger partial charge < -0.3 is 14.6 Å². The molecule has 1 aliphatic heterocycles. The van der Waals surface area contributed by atoms with Crippen molar-refractivity contribution >= 4 is 11.8 Å². The van der Waals surface area contributed by atoms with Crippen molar-refractivity contribution in [2.24, 2.45) is 17.8 Å². The molecule has 3 aliphatic rings. The SMILES string of the molecule is CCCCC(F)C(=O)CC[C@@H]1[C@H]2C/C(=C/CCCC(=O)O)C[C@H]2C[C@H]1OC1CCCCO1. The zero-order chi connectivity index (χ0) is 22.9. The minimum absolute atomic E-state index is 0.0863. The molecule has 0 radical (unpaired) electrons. The van der Waals surface area contributed by atoms with Crippen LogP contribution in [0.5, 0.6) is 0 Å². The van der Waals surface area contributed by atoms with Crippen molar-refractivity contribution in [1.82, 2.24) is 0 Å². The van der Waals surface area contributed by atoms with Crippen LogP contribution in [0.4, 0.5) is 4.39 Å². The van der Waals surface area contributed by atoms with Crippen LogP contribution in [0.1, 0.15) is 96.8 Å². The highest BCUT2D eigenvalue weighted by Crippen LogP contribution is 2.52. The van der Waals surface area contributed by atoms with E-state index in [2.05, 4.69) is 6.08 Å². The number of carbonyl (C=O) groups excluding carboxylic acids is 1. The summed E-state index contributed by atoms with van der Waals surface area (Å²) in [5, 5.41) is 8.83. The minimum atomic E-state index is -1.33. The van der Waals surface area contributed by atoms with E-state index in [4.69, 9.17) is 14.6 Å². The predicted molar refractivity (Wildman–Crippen MR) is 121 cm³/mol. The van der Waals surface area contributed by atoms with Crippen molar-refractivity contribution in [1.29, 1.82) is 0 Å². The fourth-order valence-corrected chi connectivity index (χ4v) is 5.85. The number of ether oxygens (including phenoxy) is 2. The molecule has 3 rings (SSSR count). The zero-order valence-corrected chi connectivity index (χ0v) is 19.6. The standard InChI is InChI=1S/C26H41FO5/c1-2-3-9-22(27)23(28)13-12-20-21-16-18(8-4-5-10-25(29)30)15-19(21)17-24(20)32-26-11-6-7-14-31-26/h8,19-22,24,26H,2-7,9-17H2,1H3,(H,29,30)/b18-8+/t19-,20+,21-,22?,24+,26?/m0/s1. The summed E-state index contributed by atoms with van der Waals surface area (Å²) in [6.45, 7) is 2.76. The van der Waals surface area contributed by atoms with Gasteiger partial charge in [0.2, 0.25) is 0 Å². The molecule has 2 aliphatic carbocycles. The molecule has 2 unspecified atom stereocenters. The first kappa shape index (κ1) is 25.4. The van der Waals surface area contributed by atoms with Crippen molar-refractivity contribution in [3.05, 3.63) is 11.6 Å². The third-order valence-corrected chi connectivity index (χ3v) is 7.57. The van der Waals surface area contributed by atoms with Crippen molar-refractivity contribution in [2.45, 2.75) is 115 Å². The van der Waals surface area contributed by atoms with Gasteiger partial charge in [-0.3, -0.25) is 9.59 Å². The molecule has 0 amide bonds. The quantitative estimate of drug-likeness (QED) is 0.274. The first-order chi connectivity index (χ1) is 15.5. The highest BCUT2D eigenvalue weighted by Gasteiger charge is 2.48. The summed E-state index contributed by atoms with van der Waals surface area (Å²) in [5.74, 6) is 0.271. The van der Waals surface area contributed by atoms with E-state index in [1.165, 1.54) is 5.57 Å². The molecule has 182 valence electrons. The number of aliphatic carboxylic acids is 1. The number of carboxylic acids is 1. The molecule has 5 nitrogen and oxygen atoms in total. The van der Waals surface area contributed by atoms with Crippen LogP contribution in [0.2, 0.25) is 0 Å². The number of carbonyl (C=O) groups is 2. The van der Waals surface area contributed by atoms with E-state index < -0.39 is 12.1 Å². The second kappa shape index (κ2) is 12.8. The molecular formula is C26H41FO5. The predicted octanol–water partition coefficient (Wildman–Crippen LogP) is 6.00. The van der Waals surface area contributed by atoms with E-state index in [1.54, 1.807) is 0 Å². The van der Waals surface area contributed by atoms with Crippen molar-refractivity contribution in [2.75, 3.05) is 6.61 Å². The highest BCUT2D eigenvalue weighted by molar-refractivity contribution is 5.82. The lowest BCUT2D eigenvalue weighted by atomic mass is 9.86. The van der Waals surface area contributed by atoms with Crippen LogP contribution in [-0.2, 0) is 19.1 Å².